The first kappa shape index (κ1) is 18.3. The zero-order chi connectivity index (χ0) is 20.7. The fourth-order valence-corrected chi connectivity index (χ4v) is 8.21. The van der Waals surface area contributed by atoms with Gasteiger partial charge in [-0.2, -0.15) is 0 Å². The Morgan fingerprint density at radius 2 is 1.52 bits per heavy atom. The maximum atomic E-state index is 2.63. The van der Waals surface area contributed by atoms with Crippen LogP contribution in [-0.2, 0) is 0 Å². The summed E-state index contributed by atoms with van der Waals surface area (Å²) in [5.74, 6) is 4.89. The van der Waals surface area contributed by atoms with E-state index in [1.165, 1.54) is 63.3 Å². The van der Waals surface area contributed by atoms with Crippen LogP contribution in [-0.4, -0.2) is 0 Å². The lowest BCUT2D eigenvalue weighted by Crippen LogP contribution is -2.45. The smallest absolute Gasteiger partial charge is 0.00703 e. The molecule has 0 amide bonds. The van der Waals surface area contributed by atoms with Gasteiger partial charge in [0.25, 0.3) is 0 Å². The van der Waals surface area contributed by atoms with Crippen molar-refractivity contribution in [2.45, 2.75) is 52.4 Å². The molecule has 0 aromatic heterocycles. The van der Waals surface area contributed by atoms with Crippen molar-refractivity contribution in [3.8, 4) is 0 Å². The van der Waals surface area contributed by atoms with Gasteiger partial charge in [0.05, 0.1) is 0 Å². The van der Waals surface area contributed by atoms with Crippen LogP contribution in [0.1, 0.15) is 63.5 Å². The molecule has 6 aliphatic carbocycles. The highest BCUT2D eigenvalue weighted by Crippen LogP contribution is 2.59. The predicted octanol–water partition coefficient (Wildman–Crippen LogP) is 6.09. The van der Waals surface area contributed by atoms with Crippen molar-refractivity contribution in [1.29, 1.82) is 0 Å². The number of rotatable bonds is 2. The van der Waals surface area contributed by atoms with Gasteiger partial charge in [-0.1, -0.05) is 54.1 Å². The van der Waals surface area contributed by atoms with E-state index < -0.39 is 0 Å². The molecule has 0 unspecified atom stereocenters. The summed E-state index contributed by atoms with van der Waals surface area (Å²) in [5.41, 5.74) is 7.62. The molecule has 0 nitrogen and oxygen atoms in total. The minimum absolute atomic E-state index is 0.846. The summed E-state index contributed by atoms with van der Waals surface area (Å²) < 4.78 is 0. The van der Waals surface area contributed by atoms with Crippen molar-refractivity contribution in [2.75, 3.05) is 0 Å². The van der Waals surface area contributed by atoms with Gasteiger partial charge in [0.2, 0.25) is 0 Å². The number of allylic oxidation sites excluding steroid dienone is 4. The van der Waals surface area contributed by atoms with Crippen LogP contribution in [0.3, 0.4) is 0 Å². The Morgan fingerprint density at radius 1 is 0.774 bits per heavy atom. The molecule has 0 radical (unpaired) electrons. The molecule has 0 aliphatic heterocycles. The third-order valence-corrected chi connectivity index (χ3v) is 9.17. The average molecular weight is 405 g/mol. The van der Waals surface area contributed by atoms with E-state index in [0.29, 0.717) is 0 Å². The Labute approximate surface area is 185 Å². The standard InChI is InChI=1S/C31H32/c1-18(2)26-9-10-28-27-6-4-3-5-21(27)17-29(28)31(26)23-8-7-22(16-23)30-24-12-19-11-20(14-24)15-25(30)13-19/h3-7,9-10,16-17,19-20,24-25,30H,8,11-15H2,1-2H3. The van der Waals surface area contributed by atoms with Crippen molar-refractivity contribution >= 4 is 17.2 Å². The number of hydrogen-bond acceptors (Lipinski definition) is 0. The van der Waals surface area contributed by atoms with E-state index in [1.54, 1.807) is 17.6 Å². The molecular formula is C31H32. The second-order valence-corrected chi connectivity index (χ2v) is 11.2. The van der Waals surface area contributed by atoms with Crippen molar-refractivity contribution < 1.29 is 0 Å². The molecule has 0 N–H and O–H groups in total. The summed E-state index contributed by atoms with van der Waals surface area (Å²) in [7, 11) is 0. The van der Waals surface area contributed by atoms with Gasteiger partial charge in [-0.3, -0.25) is 0 Å². The van der Waals surface area contributed by atoms with Crippen LogP contribution in [0.2, 0.25) is 0 Å². The molecule has 0 heteroatoms. The molecule has 0 heterocycles. The molecule has 8 rings (SSSR count). The second kappa shape index (κ2) is 6.58. The fourth-order valence-electron chi connectivity index (χ4n) is 8.21. The first-order valence-electron chi connectivity index (χ1n) is 12.5. The van der Waals surface area contributed by atoms with Gasteiger partial charge in [-0.25, -0.2) is 0 Å². The van der Waals surface area contributed by atoms with E-state index in [9.17, 15) is 0 Å². The van der Waals surface area contributed by atoms with Gasteiger partial charge in [0, 0.05) is 0 Å². The highest BCUT2D eigenvalue weighted by molar-refractivity contribution is 5.81. The Balaban J connectivity index is 1.36. The molecule has 4 bridgehead atoms. The van der Waals surface area contributed by atoms with Crippen LogP contribution in [0.5, 0.6) is 0 Å². The number of fused-ring (bicyclic) bond motifs is 2. The van der Waals surface area contributed by atoms with Crippen molar-refractivity contribution in [3.63, 3.8) is 0 Å². The summed E-state index contributed by atoms with van der Waals surface area (Å²) >= 11 is 0. The molecule has 4 fully saturated rings. The van der Waals surface area contributed by atoms with Gasteiger partial charge in [-0.15, -0.1) is 0 Å². The van der Waals surface area contributed by atoms with E-state index in [2.05, 4.69) is 68.5 Å². The lowest BCUT2D eigenvalue weighted by atomic mass is 9.50. The van der Waals surface area contributed by atoms with Gasteiger partial charge in [0.1, 0.15) is 0 Å². The Hall–Kier alpha value is -2.34. The molecule has 0 atom stereocenters. The van der Waals surface area contributed by atoms with Gasteiger partial charge in [0.15, 0.2) is 0 Å². The molecule has 0 spiro atoms. The van der Waals surface area contributed by atoms with Crippen LogP contribution >= 0.6 is 0 Å². The molecule has 31 heavy (non-hydrogen) atoms. The predicted molar refractivity (Wildman–Crippen MR) is 129 cm³/mol. The molecule has 6 aliphatic rings. The monoisotopic (exact) mass is 404 g/mol. The Morgan fingerprint density at radius 3 is 2.26 bits per heavy atom. The largest absolute Gasteiger partial charge is 0.0766 e. The quantitative estimate of drug-likeness (QED) is 0.485. The van der Waals surface area contributed by atoms with Gasteiger partial charge < -0.3 is 0 Å². The topological polar surface area (TPSA) is 0 Å². The molecule has 4 saturated carbocycles. The third-order valence-electron chi connectivity index (χ3n) is 9.17. The minimum Gasteiger partial charge on any atom is -0.0766 e. The van der Waals surface area contributed by atoms with Crippen LogP contribution < -0.4 is 10.4 Å². The van der Waals surface area contributed by atoms with Crippen LogP contribution in [0.4, 0.5) is 0 Å². The molecule has 156 valence electrons. The fraction of sp³-hybridized carbons (Fsp3) is 0.419. The molecule has 2 aromatic carbocycles. The summed E-state index contributed by atoms with van der Waals surface area (Å²) in [6, 6.07) is 13.6. The first-order valence-corrected chi connectivity index (χ1v) is 12.5. The summed E-state index contributed by atoms with van der Waals surface area (Å²) in [4.78, 5) is 0. The highest BCUT2D eigenvalue weighted by atomic mass is 14.5. The Bertz CT molecular complexity index is 1350. The third kappa shape index (κ3) is 2.67. The van der Waals surface area contributed by atoms with E-state index >= 15 is 0 Å². The SMILES string of the molecule is CC(C)=c1ccc2c(c1C1=CC(C3C4CC5CC(C4)CC3C5)=CC1)C=c1ccccc1=2. The number of benzene rings is 2. The summed E-state index contributed by atoms with van der Waals surface area (Å²) in [6.45, 7) is 4.55. The highest BCUT2D eigenvalue weighted by Gasteiger charge is 2.49. The van der Waals surface area contributed by atoms with E-state index in [4.69, 9.17) is 0 Å². The van der Waals surface area contributed by atoms with Crippen LogP contribution in [0.25, 0.3) is 17.2 Å². The molecule has 0 saturated heterocycles. The lowest BCUT2D eigenvalue weighted by molar-refractivity contribution is -0.0193. The van der Waals surface area contributed by atoms with Gasteiger partial charge in [-0.05, 0) is 131 Å². The minimum atomic E-state index is 0.846. The van der Waals surface area contributed by atoms with Crippen LogP contribution in [0.15, 0.2) is 54.1 Å². The molecule has 2 aromatic rings. The molecular weight excluding hydrogens is 372 g/mol. The maximum Gasteiger partial charge on any atom is -0.00703 e. The van der Waals surface area contributed by atoms with Crippen LogP contribution in [0, 0.1) is 40.0 Å². The lowest BCUT2D eigenvalue weighted by Gasteiger charge is -2.54. The van der Waals surface area contributed by atoms with E-state index in [1.807, 2.05) is 0 Å². The van der Waals surface area contributed by atoms with E-state index in [-0.39, 0.29) is 0 Å². The zero-order valence-electron chi connectivity index (χ0n) is 18.8. The summed E-state index contributed by atoms with van der Waals surface area (Å²) in [5, 5.41) is 5.62. The van der Waals surface area contributed by atoms with Crippen molar-refractivity contribution in [1.82, 2.24) is 0 Å². The van der Waals surface area contributed by atoms with E-state index in [0.717, 1.165) is 36.0 Å². The normalized spacial score (nSPS) is 31.7. The average Bonchev–Trinajstić information content (AvgIpc) is 3.37. The first-order chi connectivity index (χ1) is 15.2. The van der Waals surface area contributed by atoms with Crippen molar-refractivity contribution in [2.24, 2.45) is 29.6 Å². The second-order valence-electron chi connectivity index (χ2n) is 11.2. The zero-order valence-corrected chi connectivity index (χ0v) is 18.8. The summed E-state index contributed by atoms with van der Waals surface area (Å²) in [6.07, 6.45) is 16.4. The van der Waals surface area contributed by atoms with Gasteiger partial charge >= 0.3 is 0 Å². The van der Waals surface area contributed by atoms with Crippen molar-refractivity contribution in [3.05, 3.63) is 86.1 Å². The number of hydrogen-bond donors (Lipinski definition) is 0. The Kier molecular flexibility index (Phi) is 3.87. The maximum absolute atomic E-state index is 2.63.